The molecule has 0 heterocycles. The smallest absolute Gasteiger partial charge is 0.238 e. The molecule has 4 nitrogen and oxygen atoms in total. The summed E-state index contributed by atoms with van der Waals surface area (Å²) >= 11 is 0. The first kappa shape index (κ1) is 18.0. The zero-order chi connectivity index (χ0) is 16.2. The molecule has 0 radical (unpaired) electrons. The van der Waals surface area contributed by atoms with Gasteiger partial charge in [0.1, 0.15) is 5.75 Å². The third-order valence-corrected chi connectivity index (χ3v) is 3.05. The van der Waals surface area contributed by atoms with Crippen LogP contribution in [-0.4, -0.2) is 37.0 Å². The summed E-state index contributed by atoms with van der Waals surface area (Å²) in [5, 5.41) is 2.88. The third-order valence-electron chi connectivity index (χ3n) is 3.05. The Bertz CT molecular complexity index is 458. The number of hydrogen-bond acceptors (Lipinski definition) is 3. The SMILES string of the molecule is C=CCN(CC=C)CC(=O)Nc1ccc(OCCCC)cc1. The lowest BCUT2D eigenvalue weighted by atomic mass is 10.3. The molecule has 22 heavy (non-hydrogen) atoms. The number of hydrogen-bond donors (Lipinski definition) is 1. The van der Waals surface area contributed by atoms with Gasteiger partial charge in [0, 0.05) is 18.8 Å². The Kier molecular flexibility index (Phi) is 8.69. The molecule has 0 bridgehead atoms. The number of amides is 1. The molecule has 0 atom stereocenters. The number of benzene rings is 1. The van der Waals surface area contributed by atoms with Gasteiger partial charge in [0.25, 0.3) is 0 Å². The summed E-state index contributed by atoms with van der Waals surface area (Å²) in [7, 11) is 0. The van der Waals surface area contributed by atoms with E-state index in [2.05, 4.69) is 25.4 Å². The molecular formula is C18H26N2O2. The summed E-state index contributed by atoms with van der Waals surface area (Å²) in [4.78, 5) is 14.0. The van der Waals surface area contributed by atoms with Gasteiger partial charge in [0.2, 0.25) is 5.91 Å². The van der Waals surface area contributed by atoms with Crippen LogP contribution in [0, 0.1) is 0 Å². The highest BCUT2D eigenvalue weighted by molar-refractivity contribution is 5.92. The average molecular weight is 302 g/mol. The number of rotatable bonds is 11. The van der Waals surface area contributed by atoms with Crippen LogP contribution in [0.1, 0.15) is 19.8 Å². The van der Waals surface area contributed by atoms with Crippen molar-refractivity contribution in [3.05, 3.63) is 49.6 Å². The fourth-order valence-electron chi connectivity index (χ4n) is 1.94. The minimum atomic E-state index is -0.0525. The van der Waals surface area contributed by atoms with E-state index >= 15 is 0 Å². The van der Waals surface area contributed by atoms with E-state index in [0.29, 0.717) is 19.6 Å². The first-order chi connectivity index (χ1) is 10.7. The normalized spacial score (nSPS) is 10.3. The maximum absolute atomic E-state index is 12.0. The average Bonchev–Trinajstić information content (AvgIpc) is 2.50. The van der Waals surface area contributed by atoms with Crippen molar-refractivity contribution in [2.75, 3.05) is 31.6 Å². The zero-order valence-corrected chi connectivity index (χ0v) is 13.4. The molecule has 1 N–H and O–H groups in total. The van der Waals surface area contributed by atoms with Gasteiger partial charge in [0.05, 0.1) is 13.2 Å². The largest absolute Gasteiger partial charge is 0.494 e. The van der Waals surface area contributed by atoms with E-state index in [-0.39, 0.29) is 5.91 Å². The van der Waals surface area contributed by atoms with Crippen molar-refractivity contribution in [1.29, 1.82) is 0 Å². The molecule has 0 saturated carbocycles. The fraction of sp³-hybridized carbons (Fsp3) is 0.389. The molecule has 1 amide bonds. The highest BCUT2D eigenvalue weighted by Gasteiger charge is 2.08. The van der Waals surface area contributed by atoms with E-state index in [1.165, 1.54) is 0 Å². The van der Waals surface area contributed by atoms with Crippen molar-refractivity contribution in [3.63, 3.8) is 0 Å². The Labute approximate surface area is 133 Å². The molecule has 0 unspecified atom stereocenters. The first-order valence-corrected chi connectivity index (χ1v) is 7.66. The van der Waals surface area contributed by atoms with Crippen molar-refractivity contribution in [2.24, 2.45) is 0 Å². The molecule has 0 aromatic heterocycles. The lowest BCUT2D eigenvalue weighted by Gasteiger charge is -2.18. The Morgan fingerprint density at radius 1 is 1.23 bits per heavy atom. The van der Waals surface area contributed by atoms with Gasteiger partial charge in [-0.3, -0.25) is 9.69 Å². The Balaban J connectivity index is 2.46. The minimum absolute atomic E-state index is 0.0525. The Hall–Kier alpha value is -2.07. The van der Waals surface area contributed by atoms with Gasteiger partial charge in [-0.2, -0.15) is 0 Å². The number of nitrogens with zero attached hydrogens (tertiary/aromatic N) is 1. The van der Waals surface area contributed by atoms with E-state index < -0.39 is 0 Å². The van der Waals surface area contributed by atoms with Crippen molar-refractivity contribution in [2.45, 2.75) is 19.8 Å². The number of carbonyl (C=O) groups is 1. The number of anilines is 1. The van der Waals surface area contributed by atoms with Crippen LogP contribution in [0.2, 0.25) is 0 Å². The van der Waals surface area contributed by atoms with Crippen molar-refractivity contribution < 1.29 is 9.53 Å². The highest BCUT2D eigenvalue weighted by atomic mass is 16.5. The number of unbranched alkanes of at least 4 members (excludes halogenated alkanes) is 1. The van der Waals surface area contributed by atoms with Gasteiger partial charge >= 0.3 is 0 Å². The summed E-state index contributed by atoms with van der Waals surface area (Å²) in [6.07, 6.45) is 5.71. The summed E-state index contributed by atoms with van der Waals surface area (Å²) in [5.74, 6) is 0.773. The molecular weight excluding hydrogens is 276 g/mol. The quantitative estimate of drug-likeness (QED) is 0.502. The van der Waals surface area contributed by atoms with Crippen LogP contribution in [0.5, 0.6) is 5.75 Å². The van der Waals surface area contributed by atoms with E-state index in [0.717, 1.165) is 30.9 Å². The first-order valence-electron chi connectivity index (χ1n) is 7.66. The molecule has 0 aliphatic heterocycles. The van der Waals surface area contributed by atoms with Crippen molar-refractivity contribution in [1.82, 2.24) is 4.90 Å². The van der Waals surface area contributed by atoms with Gasteiger partial charge in [0.15, 0.2) is 0 Å². The van der Waals surface area contributed by atoms with E-state index in [4.69, 9.17) is 4.74 Å². The van der Waals surface area contributed by atoms with Gasteiger partial charge in [-0.1, -0.05) is 25.5 Å². The van der Waals surface area contributed by atoms with Crippen LogP contribution in [0.4, 0.5) is 5.69 Å². The summed E-state index contributed by atoms with van der Waals surface area (Å²) in [5.41, 5.74) is 0.769. The second-order valence-corrected chi connectivity index (χ2v) is 5.05. The minimum Gasteiger partial charge on any atom is -0.494 e. The summed E-state index contributed by atoms with van der Waals surface area (Å²) < 4.78 is 5.59. The molecule has 1 rings (SSSR count). The van der Waals surface area contributed by atoms with Gasteiger partial charge < -0.3 is 10.1 Å². The fourth-order valence-corrected chi connectivity index (χ4v) is 1.94. The molecule has 0 fully saturated rings. The lowest BCUT2D eigenvalue weighted by Crippen LogP contribution is -2.33. The second-order valence-electron chi connectivity index (χ2n) is 5.05. The Morgan fingerprint density at radius 2 is 1.86 bits per heavy atom. The van der Waals surface area contributed by atoms with Gasteiger partial charge in [-0.05, 0) is 30.7 Å². The zero-order valence-electron chi connectivity index (χ0n) is 13.4. The topological polar surface area (TPSA) is 41.6 Å². The number of carbonyl (C=O) groups excluding carboxylic acids is 1. The van der Waals surface area contributed by atoms with E-state index in [9.17, 15) is 4.79 Å². The number of ether oxygens (including phenoxy) is 1. The monoisotopic (exact) mass is 302 g/mol. The Morgan fingerprint density at radius 3 is 2.41 bits per heavy atom. The molecule has 0 aliphatic carbocycles. The van der Waals surface area contributed by atoms with E-state index in [1.54, 1.807) is 12.2 Å². The maximum Gasteiger partial charge on any atom is 0.238 e. The second kappa shape index (κ2) is 10.6. The third kappa shape index (κ3) is 7.09. The lowest BCUT2D eigenvalue weighted by molar-refractivity contribution is -0.117. The van der Waals surface area contributed by atoms with Gasteiger partial charge in [-0.15, -0.1) is 13.2 Å². The molecule has 0 saturated heterocycles. The van der Waals surface area contributed by atoms with Gasteiger partial charge in [-0.25, -0.2) is 0 Å². The molecule has 0 aliphatic rings. The van der Waals surface area contributed by atoms with Crippen LogP contribution < -0.4 is 10.1 Å². The van der Waals surface area contributed by atoms with Crippen LogP contribution in [0.3, 0.4) is 0 Å². The highest BCUT2D eigenvalue weighted by Crippen LogP contribution is 2.16. The molecule has 120 valence electrons. The molecule has 0 spiro atoms. The van der Waals surface area contributed by atoms with Crippen molar-refractivity contribution in [3.8, 4) is 5.75 Å². The standard InChI is InChI=1S/C18H26N2O2/c1-4-7-14-22-17-10-8-16(9-11-17)19-18(21)15-20(12-5-2)13-6-3/h5-6,8-11H,2-4,7,12-15H2,1H3,(H,19,21). The van der Waals surface area contributed by atoms with Crippen LogP contribution in [0.15, 0.2) is 49.6 Å². The number of nitrogens with one attached hydrogen (secondary N) is 1. The van der Waals surface area contributed by atoms with Crippen LogP contribution >= 0.6 is 0 Å². The predicted octanol–water partition coefficient (Wildman–Crippen LogP) is 3.48. The molecule has 4 heteroatoms. The summed E-state index contributed by atoms with van der Waals surface area (Å²) in [6, 6.07) is 7.45. The molecule has 1 aromatic rings. The van der Waals surface area contributed by atoms with Crippen LogP contribution in [-0.2, 0) is 4.79 Å². The maximum atomic E-state index is 12.0. The molecule has 1 aromatic carbocycles. The van der Waals surface area contributed by atoms with E-state index in [1.807, 2.05) is 29.2 Å². The summed E-state index contributed by atoms with van der Waals surface area (Å²) in [6.45, 7) is 11.9. The van der Waals surface area contributed by atoms with Crippen molar-refractivity contribution >= 4 is 11.6 Å². The van der Waals surface area contributed by atoms with Crippen LogP contribution in [0.25, 0.3) is 0 Å². The predicted molar refractivity (Wildman–Crippen MR) is 92.3 cm³/mol.